The van der Waals surface area contributed by atoms with E-state index >= 15 is 0 Å². The maximum Gasteiger partial charge on any atom is 0.305 e. The normalized spacial score (nSPS) is 12.9. The third-order valence-corrected chi connectivity index (χ3v) is 5.14. The van der Waals surface area contributed by atoms with Gasteiger partial charge in [0.1, 0.15) is 0 Å². The molecule has 0 aromatic rings. The van der Waals surface area contributed by atoms with Crippen LogP contribution in [-0.2, 0) is 24.0 Å². The lowest BCUT2D eigenvalue weighted by Crippen LogP contribution is -2.29. The predicted octanol–water partition coefficient (Wildman–Crippen LogP) is 6.73. The zero-order valence-corrected chi connectivity index (χ0v) is 19.2. The lowest BCUT2D eigenvalue weighted by atomic mass is 10.0. The highest BCUT2D eigenvalue weighted by Gasteiger charge is 2.21. The van der Waals surface area contributed by atoms with E-state index in [1.807, 2.05) is 13.8 Å². The molecule has 0 saturated carbocycles. The average Bonchev–Trinajstić information content (AvgIpc) is 2.69. The van der Waals surface area contributed by atoms with Gasteiger partial charge in [0.2, 0.25) is 0 Å². The van der Waals surface area contributed by atoms with Crippen molar-refractivity contribution in [2.45, 2.75) is 129 Å². The fourth-order valence-electron chi connectivity index (χ4n) is 3.06. The molecule has 28 heavy (non-hydrogen) atoms. The van der Waals surface area contributed by atoms with Crippen LogP contribution >= 0.6 is 0 Å². The standard InChI is InChI=1S/C23H46O5/c1-6-7-15-18-21(27-28-23(2,3)26-5)19-16-13-11-9-8-10-12-14-17-20-22(24)25-4/h21H,6-20H2,1-5H3/t21-/m0/s1. The number of rotatable bonds is 20. The minimum absolute atomic E-state index is 0.0897. The fraction of sp³-hybridized carbons (Fsp3) is 0.957. The van der Waals surface area contributed by atoms with Gasteiger partial charge in [0, 0.05) is 13.5 Å². The van der Waals surface area contributed by atoms with Gasteiger partial charge in [-0.05, 0) is 33.1 Å². The Hall–Kier alpha value is -0.650. The monoisotopic (exact) mass is 402 g/mol. The van der Waals surface area contributed by atoms with E-state index in [1.165, 1.54) is 71.3 Å². The molecule has 0 amide bonds. The van der Waals surface area contributed by atoms with Crippen LogP contribution in [0.25, 0.3) is 0 Å². The fourth-order valence-corrected chi connectivity index (χ4v) is 3.06. The summed E-state index contributed by atoms with van der Waals surface area (Å²) in [5.74, 6) is -0.784. The van der Waals surface area contributed by atoms with Crippen LogP contribution in [0.5, 0.6) is 0 Å². The van der Waals surface area contributed by atoms with Gasteiger partial charge < -0.3 is 9.47 Å². The van der Waals surface area contributed by atoms with Gasteiger partial charge in [-0.15, -0.1) is 0 Å². The number of carbonyl (C=O) groups excluding carboxylic acids is 1. The van der Waals surface area contributed by atoms with E-state index in [0.29, 0.717) is 6.42 Å². The van der Waals surface area contributed by atoms with Gasteiger partial charge in [-0.3, -0.25) is 4.79 Å². The molecule has 0 radical (unpaired) electrons. The van der Waals surface area contributed by atoms with Crippen LogP contribution in [0.1, 0.15) is 117 Å². The molecule has 0 aliphatic carbocycles. The highest BCUT2D eigenvalue weighted by atomic mass is 17.2. The minimum Gasteiger partial charge on any atom is -0.469 e. The molecule has 0 N–H and O–H groups in total. The Bertz CT molecular complexity index is 357. The SMILES string of the molecule is CCCCC[C@@H](CCCCCCCCCCCC(=O)OC)OOC(C)(C)OC. The van der Waals surface area contributed by atoms with Crippen LogP contribution in [0.4, 0.5) is 0 Å². The first-order chi connectivity index (χ1) is 13.4. The van der Waals surface area contributed by atoms with E-state index in [4.69, 9.17) is 14.5 Å². The first-order valence-corrected chi connectivity index (χ1v) is 11.4. The second-order valence-corrected chi connectivity index (χ2v) is 8.20. The Morgan fingerprint density at radius 1 is 0.786 bits per heavy atom. The van der Waals surface area contributed by atoms with Gasteiger partial charge >= 0.3 is 5.97 Å². The summed E-state index contributed by atoms with van der Waals surface area (Å²) in [6.07, 6.45) is 17.4. The molecule has 168 valence electrons. The molecule has 5 nitrogen and oxygen atoms in total. The van der Waals surface area contributed by atoms with E-state index in [0.717, 1.165) is 25.7 Å². The summed E-state index contributed by atoms with van der Waals surface area (Å²) in [6.45, 7) is 5.96. The Morgan fingerprint density at radius 3 is 1.79 bits per heavy atom. The number of esters is 1. The number of ether oxygens (including phenoxy) is 2. The van der Waals surface area contributed by atoms with Crippen molar-refractivity contribution in [1.29, 1.82) is 0 Å². The Morgan fingerprint density at radius 2 is 1.29 bits per heavy atom. The average molecular weight is 403 g/mol. The highest BCUT2D eigenvalue weighted by Crippen LogP contribution is 2.19. The van der Waals surface area contributed by atoms with E-state index < -0.39 is 5.79 Å². The van der Waals surface area contributed by atoms with E-state index in [-0.39, 0.29) is 12.1 Å². The Balaban J connectivity index is 3.70. The molecule has 0 bridgehead atoms. The van der Waals surface area contributed by atoms with Gasteiger partial charge in [0.15, 0.2) is 5.79 Å². The zero-order chi connectivity index (χ0) is 21.1. The summed E-state index contributed by atoms with van der Waals surface area (Å²) in [5.41, 5.74) is 0. The molecular formula is C23H46O5. The van der Waals surface area contributed by atoms with Gasteiger partial charge in [0.25, 0.3) is 0 Å². The van der Waals surface area contributed by atoms with E-state index in [2.05, 4.69) is 11.7 Å². The lowest BCUT2D eigenvalue weighted by Gasteiger charge is -2.25. The quantitative estimate of drug-likeness (QED) is 0.0743. The van der Waals surface area contributed by atoms with Crippen molar-refractivity contribution in [3.63, 3.8) is 0 Å². The van der Waals surface area contributed by atoms with Crippen molar-refractivity contribution in [2.75, 3.05) is 14.2 Å². The molecule has 0 aromatic heterocycles. The van der Waals surface area contributed by atoms with Crippen molar-refractivity contribution >= 4 is 5.97 Å². The molecule has 0 fully saturated rings. The maximum atomic E-state index is 11.0. The molecule has 0 aliphatic heterocycles. The third-order valence-electron chi connectivity index (χ3n) is 5.14. The summed E-state index contributed by atoms with van der Waals surface area (Å²) in [5, 5.41) is 0. The smallest absolute Gasteiger partial charge is 0.305 e. The second-order valence-electron chi connectivity index (χ2n) is 8.20. The summed E-state index contributed by atoms with van der Waals surface area (Å²) in [4.78, 5) is 22.2. The molecule has 0 heterocycles. The van der Waals surface area contributed by atoms with Crippen LogP contribution in [0.2, 0.25) is 0 Å². The minimum atomic E-state index is -0.695. The Kier molecular flexibility index (Phi) is 18.0. The predicted molar refractivity (Wildman–Crippen MR) is 114 cm³/mol. The zero-order valence-electron chi connectivity index (χ0n) is 19.2. The lowest BCUT2D eigenvalue weighted by molar-refractivity contribution is -0.431. The van der Waals surface area contributed by atoms with Gasteiger partial charge in [-0.25, -0.2) is 9.78 Å². The molecule has 0 unspecified atom stereocenters. The summed E-state index contributed by atoms with van der Waals surface area (Å²) >= 11 is 0. The molecule has 0 rings (SSSR count). The van der Waals surface area contributed by atoms with E-state index in [9.17, 15) is 4.79 Å². The van der Waals surface area contributed by atoms with Crippen molar-refractivity contribution < 1.29 is 24.0 Å². The third kappa shape index (κ3) is 17.4. The van der Waals surface area contributed by atoms with Crippen LogP contribution in [0, 0.1) is 0 Å². The van der Waals surface area contributed by atoms with Crippen LogP contribution in [0.3, 0.4) is 0 Å². The second kappa shape index (κ2) is 18.4. The molecule has 0 aromatic carbocycles. The largest absolute Gasteiger partial charge is 0.469 e. The molecular weight excluding hydrogens is 356 g/mol. The Labute approximate surface area is 173 Å². The van der Waals surface area contributed by atoms with Crippen molar-refractivity contribution in [3.8, 4) is 0 Å². The van der Waals surface area contributed by atoms with Crippen LogP contribution in [0.15, 0.2) is 0 Å². The number of carbonyl (C=O) groups is 1. The van der Waals surface area contributed by atoms with Crippen molar-refractivity contribution in [2.24, 2.45) is 0 Å². The first kappa shape index (κ1) is 27.4. The highest BCUT2D eigenvalue weighted by molar-refractivity contribution is 5.68. The summed E-state index contributed by atoms with van der Waals surface area (Å²) in [7, 11) is 3.09. The summed E-state index contributed by atoms with van der Waals surface area (Å²) < 4.78 is 9.92. The molecule has 0 saturated heterocycles. The van der Waals surface area contributed by atoms with Gasteiger partial charge in [0.05, 0.1) is 13.2 Å². The number of hydrogen-bond acceptors (Lipinski definition) is 5. The van der Waals surface area contributed by atoms with Gasteiger partial charge in [-0.2, -0.15) is 0 Å². The topological polar surface area (TPSA) is 54.0 Å². The van der Waals surface area contributed by atoms with Crippen molar-refractivity contribution in [3.05, 3.63) is 0 Å². The molecule has 0 aliphatic rings. The van der Waals surface area contributed by atoms with Crippen molar-refractivity contribution in [1.82, 2.24) is 0 Å². The number of unbranched alkanes of at least 4 members (excludes halogenated alkanes) is 10. The van der Waals surface area contributed by atoms with E-state index in [1.54, 1.807) is 7.11 Å². The molecule has 1 atom stereocenters. The molecule has 0 spiro atoms. The van der Waals surface area contributed by atoms with Crippen LogP contribution in [-0.4, -0.2) is 32.1 Å². The first-order valence-electron chi connectivity index (χ1n) is 11.4. The van der Waals surface area contributed by atoms with Gasteiger partial charge in [-0.1, -0.05) is 77.6 Å². The number of methoxy groups -OCH3 is 2. The number of hydrogen-bond donors (Lipinski definition) is 0. The van der Waals surface area contributed by atoms with Crippen LogP contribution < -0.4 is 0 Å². The molecule has 5 heteroatoms. The summed E-state index contributed by atoms with van der Waals surface area (Å²) in [6, 6.07) is 0. The maximum absolute atomic E-state index is 11.0.